The molecule has 3 heterocycles. The Hall–Kier alpha value is -2.96. The van der Waals surface area contributed by atoms with Gasteiger partial charge in [-0.15, -0.1) is 11.3 Å². The summed E-state index contributed by atoms with van der Waals surface area (Å²) in [6, 6.07) is 15.4. The van der Waals surface area contributed by atoms with Crippen LogP contribution in [0, 0.1) is 0 Å². The Morgan fingerprint density at radius 2 is 2.04 bits per heavy atom. The van der Waals surface area contributed by atoms with Crippen LogP contribution in [0.5, 0.6) is 0 Å². The van der Waals surface area contributed by atoms with Gasteiger partial charge in [-0.05, 0) is 41.1 Å². The Bertz CT molecular complexity index is 1070. The summed E-state index contributed by atoms with van der Waals surface area (Å²) in [5.41, 5.74) is 3.73. The molecule has 0 spiro atoms. The summed E-state index contributed by atoms with van der Waals surface area (Å²) in [4.78, 5) is 21.3. The van der Waals surface area contributed by atoms with Crippen molar-refractivity contribution in [3.63, 3.8) is 0 Å². The molecule has 142 valence electrons. The highest BCUT2D eigenvalue weighted by atomic mass is 32.1. The Labute approximate surface area is 167 Å². The number of amides is 1. The van der Waals surface area contributed by atoms with Crippen LogP contribution in [0.1, 0.15) is 26.4 Å². The smallest absolute Gasteiger partial charge is 0.252 e. The van der Waals surface area contributed by atoms with Crippen LogP contribution in [0.25, 0.3) is 11.0 Å². The fourth-order valence-corrected chi connectivity index (χ4v) is 4.24. The molecule has 4 aromatic rings. The molecule has 0 radical (unpaired) electrons. The molecular formula is C22H21N3O2S. The van der Waals surface area contributed by atoms with E-state index in [1.807, 2.05) is 60.1 Å². The van der Waals surface area contributed by atoms with Crippen molar-refractivity contribution in [1.29, 1.82) is 0 Å². The molecule has 0 fully saturated rings. The number of aromatic amines is 1. The average Bonchev–Trinajstić information content (AvgIpc) is 3.38. The van der Waals surface area contributed by atoms with Gasteiger partial charge in [-0.25, -0.2) is 4.98 Å². The molecule has 0 aliphatic carbocycles. The average molecular weight is 391 g/mol. The van der Waals surface area contributed by atoms with E-state index in [0.29, 0.717) is 18.4 Å². The molecule has 1 atom stereocenters. The number of hydrogen-bond acceptors (Lipinski definition) is 4. The molecule has 0 bridgehead atoms. The minimum atomic E-state index is -0.319. The molecule has 1 aromatic carbocycles. The van der Waals surface area contributed by atoms with Crippen LogP contribution in [-0.4, -0.2) is 33.6 Å². The van der Waals surface area contributed by atoms with E-state index in [1.165, 1.54) is 0 Å². The van der Waals surface area contributed by atoms with Gasteiger partial charge in [0.15, 0.2) is 0 Å². The number of nitrogens with one attached hydrogen (secondary N) is 2. The predicted molar refractivity (Wildman–Crippen MR) is 112 cm³/mol. The number of thiophene rings is 1. The topological polar surface area (TPSA) is 78.0 Å². The first kappa shape index (κ1) is 18.4. The van der Waals surface area contributed by atoms with Gasteiger partial charge in [0.2, 0.25) is 0 Å². The molecule has 28 heavy (non-hydrogen) atoms. The molecule has 3 N–H and O–H groups in total. The van der Waals surface area contributed by atoms with E-state index in [2.05, 4.69) is 15.3 Å². The lowest BCUT2D eigenvalue weighted by molar-refractivity contribution is 0.0916. The molecule has 5 nitrogen and oxygen atoms in total. The Kier molecular flexibility index (Phi) is 5.50. The van der Waals surface area contributed by atoms with Crippen molar-refractivity contribution in [2.24, 2.45) is 0 Å². The van der Waals surface area contributed by atoms with Crippen molar-refractivity contribution < 1.29 is 9.90 Å². The van der Waals surface area contributed by atoms with Gasteiger partial charge in [0.25, 0.3) is 5.91 Å². The lowest BCUT2D eigenvalue weighted by Crippen LogP contribution is -2.39. The minimum absolute atomic E-state index is 0.103. The van der Waals surface area contributed by atoms with E-state index in [9.17, 15) is 9.90 Å². The van der Waals surface area contributed by atoms with Crippen molar-refractivity contribution in [2.45, 2.75) is 18.9 Å². The van der Waals surface area contributed by atoms with Crippen LogP contribution in [0.2, 0.25) is 0 Å². The van der Waals surface area contributed by atoms with Gasteiger partial charge >= 0.3 is 0 Å². The maximum atomic E-state index is 12.9. The van der Waals surface area contributed by atoms with Crippen molar-refractivity contribution in [3.05, 3.63) is 87.9 Å². The maximum Gasteiger partial charge on any atom is 0.252 e. The molecule has 0 saturated carbocycles. The number of carbonyl (C=O) groups is 1. The quantitative estimate of drug-likeness (QED) is 0.451. The van der Waals surface area contributed by atoms with Gasteiger partial charge in [0, 0.05) is 29.1 Å². The fourth-order valence-electron chi connectivity index (χ4n) is 3.35. The first-order chi connectivity index (χ1) is 13.7. The van der Waals surface area contributed by atoms with E-state index in [0.717, 1.165) is 27.0 Å². The molecule has 6 heteroatoms. The second kappa shape index (κ2) is 8.37. The summed E-state index contributed by atoms with van der Waals surface area (Å²) < 4.78 is 0. The number of rotatable bonds is 7. The van der Waals surface area contributed by atoms with Crippen molar-refractivity contribution in [2.75, 3.05) is 6.61 Å². The van der Waals surface area contributed by atoms with Gasteiger partial charge in [-0.1, -0.05) is 30.3 Å². The van der Waals surface area contributed by atoms with Crippen molar-refractivity contribution in [3.8, 4) is 0 Å². The number of nitrogens with zero attached hydrogens (tertiary/aromatic N) is 1. The number of carbonyl (C=O) groups excluding carboxylic acids is 1. The van der Waals surface area contributed by atoms with E-state index in [4.69, 9.17) is 0 Å². The van der Waals surface area contributed by atoms with E-state index in [1.54, 1.807) is 17.5 Å². The number of aliphatic hydroxyl groups excluding tert-OH is 1. The van der Waals surface area contributed by atoms with Gasteiger partial charge in [0.05, 0.1) is 18.2 Å². The zero-order valence-corrected chi connectivity index (χ0v) is 16.1. The van der Waals surface area contributed by atoms with Crippen LogP contribution in [0.3, 0.4) is 0 Å². The van der Waals surface area contributed by atoms with Crippen LogP contribution in [0.4, 0.5) is 0 Å². The second-order valence-electron chi connectivity index (χ2n) is 6.69. The third kappa shape index (κ3) is 3.98. The molecule has 0 saturated heterocycles. The second-order valence-corrected chi connectivity index (χ2v) is 7.69. The standard InChI is InChI=1S/C22H21N3O2S/c26-14-17(12-15-4-2-1-3-5-15)25-22(27)19-8-11-28-20(19)13-16-6-9-23-21-18(16)7-10-24-21/h1-11,17,26H,12-14H2,(H,23,24)(H,25,27)/t17-/m0/s1. The van der Waals surface area contributed by atoms with E-state index < -0.39 is 0 Å². The highest BCUT2D eigenvalue weighted by molar-refractivity contribution is 7.10. The highest BCUT2D eigenvalue weighted by Crippen LogP contribution is 2.24. The SMILES string of the molecule is O=C(N[C@H](CO)Cc1ccccc1)c1ccsc1Cc1ccnc2[nH]ccc12. The minimum Gasteiger partial charge on any atom is -0.394 e. The zero-order chi connectivity index (χ0) is 19.3. The third-order valence-corrected chi connectivity index (χ3v) is 5.69. The summed E-state index contributed by atoms with van der Waals surface area (Å²) in [7, 11) is 0. The Morgan fingerprint density at radius 3 is 2.86 bits per heavy atom. The zero-order valence-electron chi connectivity index (χ0n) is 15.3. The van der Waals surface area contributed by atoms with Gasteiger partial charge in [0.1, 0.15) is 5.65 Å². The number of aliphatic hydroxyl groups is 1. The third-order valence-electron chi connectivity index (χ3n) is 4.77. The summed E-state index contributed by atoms with van der Waals surface area (Å²) in [6.07, 6.45) is 4.92. The van der Waals surface area contributed by atoms with E-state index in [-0.39, 0.29) is 18.6 Å². The fraction of sp³-hybridized carbons (Fsp3) is 0.182. The van der Waals surface area contributed by atoms with Gasteiger partial charge in [-0.3, -0.25) is 4.79 Å². The number of H-pyrrole nitrogens is 1. The van der Waals surface area contributed by atoms with Crippen LogP contribution in [0.15, 0.2) is 66.3 Å². The summed E-state index contributed by atoms with van der Waals surface area (Å²) in [6.45, 7) is -0.103. The molecule has 4 rings (SSSR count). The molecular weight excluding hydrogens is 370 g/mol. The van der Waals surface area contributed by atoms with Crippen molar-refractivity contribution >= 4 is 28.3 Å². The molecule has 0 aliphatic heterocycles. The van der Waals surface area contributed by atoms with Crippen LogP contribution < -0.4 is 5.32 Å². The normalized spacial score (nSPS) is 12.2. The number of fused-ring (bicyclic) bond motifs is 1. The molecule has 1 amide bonds. The highest BCUT2D eigenvalue weighted by Gasteiger charge is 2.18. The van der Waals surface area contributed by atoms with E-state index >= 15 is 0 Å². The molecule has 0 aliphatic rings. The largest absolute Gasteiger partial charge is 0.394 e. The summed E-state index contributed by atoms with van der Waals surface area (Å²) in [5.74, 6) is -0.148. The van der Waals surface area contributed by atoms with Gasteiger partial charge < -0.3 is 15.4 Å². The summed E-state index contributed by atoms with van der Waals surface area (Å²) >= 11 is 1.57. The monoisotopic (exact) mass is 391 g/mol. The first-order valence-corrected chi connectivity index (χ1v) is 10.1. The maximum absolute atomic E-state index is 12.9. The van der Waals surface area contributed by atoms with Crippen LogP contribution in [-0.2, 0) is 12.8 Å². The van der Waals surface area contributed by atoms with Gasteiger partial charge in [-0.2, -0.15) is 0 Å². The molecule has 3 aromatic heterocycles. The summed E-state index contributed by atoms with van der Waals surface area (Å²) in [5, 5.41) is 15.7. The van der Waals surface area contributed by atoms with Crippen LogP contribution >= 0.6 is 11.3 Å². The predicted octanol–water partition coefficient (Wildman–Crippen LogP) is 3.55. The lowest BCUT2D eigenvalue weighted by Gasteiger charge is -2.16. The number of benzene rings is 1. The lowest BCUT2D eigenvalue weighted by atomic mass is 10.0. The number of pyridine rings is 1. The molecule has 0 unspecified atom stereocenters. The Balaban J connectivity index is 1.50. The Morgan fingerprint density at radius 1 is 1.18 bits per heavy atom. The number of hydrogen-bond donors (Lipinski definition) is 3. The first-order valence-electron chi connectivity index (χ1n) is 9.17. The number of aromatic nitrogens is 2. The van der Waals surface area contributed by atoms with Crippen molar-refractivity contribution in [1.82, 2.24) is 15.3 Å².